The molecule has 2 fully saturated rings. The van der Waals surface area contributed by atoms with Crippen LogP contribution in [-0.4, -0.2) is 146 Å². The summed E-state index contributed by atoms with van der Waals surface area (Å²) >= 11 is 13.0. The monoisotopic (exact) mass is 958 g/mol. The quantitative estimate of drug-likeness (QED) is 0.0189. The molecule has 8 atom stereocenters. The maximum absolute atomic E-state index is 14.0. The number of hydrogen-bond donors (Lipinski definition) is 10. The van der Waals surface area contributed by atoms with E-state index in [1.54, 1.807) is 24.3 Å². The molecule has 0 spiro atoms. The Morgan fingerprint density at radius 2 is 0.955 bits per heavy atom. The Bertz CT molecular complexity index is 1960. The molecule has 0 bridgehead atoms. The molecule has 2 aromatic carbocycles. The summed E-state index contributed by atoms with van der Waals surface area (Å²) in [6.07, 6.45) is 1.70. The van der Waals surface area contributed by atoms with Crippen molar-refractivity contribution in [3.8, 4) is 11.5 Å². The normalized spacial score (nSPS) is 18.5. The second-order valence-electron chi connectivity index (χ2n) is 16.3. The van der Waals surface area contributed by atoms with E-state index in [9.17, 15) is 43.8 Å². The Morgan fingerprint density at radius 3 is 1.29 bits per heavy atom. The molecule has 2 aliphatic rings. The molecular weight excluding hydrogens is 899 g/mol. The van der Waals surface area contributed by atoms with Gasteiger partial charge in [-0.2, -0.15) is 0 Å². The molecule has 16 N–H and O–H groups in total. The number of phenolic OH excluding ortho intramolecular Hbond substituents is 2. The Morgan fingerprint density at radius 1 is 0.606 bits per heavy atom. The van der Waals surface area contributed by atoms with Crippen LogP contribution in [0.4, 0.5) is 0 Å². The van der Waals surface area contributed by atoms with Gasteiger partial charge >= 0.3 is 0 Å². The molecule has 2 unspecified atom stereocenters. The highest BCUT2D eigenvalue weighted by atomic mass is 35.5. The van der Waals surface area contributed by atoms with Crippen molar-refractivity contribution in [1.29, 1.82) is 0 Å². The number of Topliss-reactive ketones (excluding diaryl/α,β-unsaturated/α-hetero) is 3. The summed E-state index contributed by atoms with van der Waals surface area (Å²) in [6, 6.07) is 5.39. The summed E-state index contributed by atoms with van der Waals surface area (Å²) in [5.74, 6) is -6.03. The molecular formula is C43H60Cl2N12O9. The molecule has 0 aliphatic carbocycles. The van der Waals surface area contributed by atoms with Crippen LogP contribution in [0.25, 0.3) is 0 Å². The molecule has 0 saturated carbocycles. The Balaban J connectivity index is 1.47. The van der Waals surface area contributed by atoms with Gasteiger partial charge in [0.05, 0.1) is 24.2 Å². The standard InChI is InChI=1S/C43H60Cl2N12O9/c44-33(35(60)29(5-1-17-52-42(48)49)54-38(63)31-7-3-19-56(31)40(65)27(46)21-23-9-13-25(58)14-10-23)37(62)34(45)36(61)30(6-2-18-53-43(50)51)55-39(64)32-8-4-20-57(32)41(66)28(47)22-24-11-15-26(59)16-12-24/h9-16,27-34,58-59H,1-8,17-22,46-47H2,(H,54,63)(H,55,64)(H4,48,49,52)(H4,50,51,53)/t27-,28-,29-,30-,31-,32-,33?,34?/m0/s1. The van der Waals surface area contributed by atoms with Crippen molar-refractivity contribution < 1.29 is 43.8 Å². The van der Waals surface area contributed by atoms with Crippen LogP contribution >= 0.6 is 23.2 Å². The smallest absolute Gasteiger partial charge is 0.243 e. The average molecular weight is 960 g/mol. The Hall–Kier alpha value is -6.03. The fourth-order valence-corrected chi connectivity index (χ4v) is 8.48. The van der Waals surface area contributed by atoms with Crippen LogP contribution < -0.4 is 45.0 Å². The second-order valence-corrected chi connectivity index (χ2v) is 17.2. The predicted octanol–water partition coefficient (Wildman–Crippen LogP) is -1.48. The first-order valence-electron chi connectivity index (χ1n) is 21.6. The molecule has 23 heteroatoms. The van der Waals surface area contributed by atoms with Gasteiger partial charge in [0.25, 0.3) is 0 Å². The van der Waals surface area contributed by atoms with Crippen LogP contribution in [0.2, 0.25) is 0 Å². The summed E-state index contributed by atoms with van der Waals surface area (Å²) in [5.41, 5.74) is 35.7. The van der Waals surface area contributed by atoms with Crippen LogP contribution in [-0.2, 0) is 46.4 Å². The molecule has 2 saturated heterocycles. The van der Waals surface area contributed by atoms with E-state index in [1.807, 2.05) is 0 Å². The lowest BCUT2D eigenvalue weighted by atomic mass is 9.95. The van der Waals surface area contributed by atoms with Gasteiger partial charge in [0.1, 0.15) is 23.6 Å². The van der Waals surface area contributed by atoms with Crippen molar-refractivity contribution in [2.75, 3.05) is 26.2 Å². The first-order valence-corrected chi connectivity index (χ1v) is 22.4. The molecule has 0 radical (unpaired) electrons. The molecule has 2 aliphatic heterocycles. The van der Waals surface area contributed by atoms with Gasteiger partial charge in [-0.25, -0.2) is 0 Å². The topological polar surface area (TPSA) is 371 Å². The van der Waals surface area contributed by atoms with Crippen LogP contribution in [0.3, 0.4) is 0 Å². The number of guanidine groups is 2. The van der Waals surface area contributed by atoms with Gasteiger partial charge < -0.3 is 65.0 Å². The molecule has 360 valence electrons. The number of nitrogens with two attached hydrogens (primary N) is 6. The molecule has 4 rings (SSSR count). The van der Waals surface area contributed by atoms with E-state index in [-0.39, 0.29) is 101 Å². The summed E-state index contributed by atoms with van der Waals surface area (Å²) in [5, 5.41) is 20.3. The highest BCUT2D eigenvalue weighted by Crippen LogP contribution is 2.24. The number of amides is 4. The van der Waals surface area contributed by atoms with Crippen molar-refractivity contribution in [2.24, 2.45) is 44.4 Å². The zero-order valence-corrected chi connectivity index (χ0v) is 37.9. The third kappa shape index (κ3) is 15.0. The number of aromatic hydroxyl groups is 2. The maximum atomic E-state index is 14.0. The summed E-state index contributed by atoms with van der Waals surface area (Å²) in [6.45, 7) is 0.497. The minimum absolute atomic E-state index is 0.0370. The van der Waals surface area contributed by atoms with E-state index in [1.165, 1.54) is 34.1 Å². The van der Waals surface area contributed by atoms with E-state index in [0.717, 1.165) is 0 Å². The number of aliphatic imine (C=N–C) groups is 2. The number of halogens is 2. The molecule has 4 amide bonds. The largest absolute Gasteiger partial charge is 0.508 e. The Labute approximate surface area is 392 Å². The number of carbonyl (C=O) groups excluding carboxylic acids is 7. The molecule has 0 aromatic heterocycles. The van der Waals surface area contributed by atoms with Crippen LogP contribution in [0.1, 0.15) is 62.5 Å². The number of rotatable bonds is 24. The number of carbonyl (C=O) groups is 7. The van der Waals surface area contributed by atoms with Gasteiger partial charge in [0.15, 0.2) is 40.0 Å². The fraction of sp³-hybridized carbons (Fsp3) is 0.512. The first kappa shape index (κ1) is 52.6. The SMILES string of the molecule is NC(N)=NCCC[C@H](NC(=O)[C@@H]1CCCN1C(=O)[C@@H](N)Cc1ccc(O)cc1)C(=O)C(Cl)C(=O)C(Cl)C(=O)[C@H](CCCN=C(N)N)NC(=O)[C@@H]1CCCN1C(=O)[C@@H](N)Cc1ccc(O)cc1. The molecule has 2 aromatic rings. The van der Waals surface area contributed by atoms with Gasteiger partial charge in [0, 0.05) is 26.2 Å². The highest BCUT2D eigenvalue weighted by Gasteiger charge is 2.43. The third-order valence-corrected chi connectivity index (χ3v) is 12.2. The lowest BCUT2D eigenvalue weighted by Crippen LogP contribution is -2.56. The van der Waals surface area contributed by atoms with Gasteiger partial charge in [-0.15, -0.1) is 23.2 Å². The molecule has 21 nitrogen and oxygen atoms in total. The lowest BCUT2D eigenvalue weighted by Gasteiger charge is -2.29. The van der Waals surface area contributed by atoms with Crippen molar-refractivity contribution in [1.82, 2.24) is 20.4 Å². The second kappa shape index (κ2) is 25.0. The first-order chi connectivity index (χ1) is 31.3. The number of nitrogens with one attached hydrogen (secondary N) is 2. The third-order valence-electron chi connectivity index (χ3n) is 11.3. The van der Waals surface area contributed by atoms with Crippen molar-refractivity contribution in [3.05, 3.63) is 59.7 Å². The van der Waals surface area contributed by atoms with Crippen molar-refractivity contribution in [3.63, 3.8) is 0 Å². The van der Waals surface area contributed by atoms with E-state index in [0.29, 0.717) is 24.0 Å². The summed E-state index contributed by atoms with van der Waals surface area (Å²) in [4.78, 5) is 107. The predicted molar refractivity (Wildman–Crippen MR) is 247 cm³/mol. The Kier molecular flexibility index (Phi) is 19.9. The fourth-order valence-electron chi connectivity index (χ4n) is 7.85. The van der Waals surface area contributed by atoms with Gasteiger partial charge in [0.2, 0.25) is 23.6 Å². The van der Waals surface area contributed by atoms with Crippen LogP contribution in [0.15, 0.2) is 58.5 Å². The zero-order valence-electron chi connectivity index (χ0n) is 36.4. The van der Waals surface area contributed by atoms with Gasteiger partial charge in [-0.3, -0.25) is 43.5 Å². The molecule has 2 heterocycles. The molecule has 66 heavy (non-hydrogen) atoms. The number of nitrogens with zero attached hydrogens (tertiary/aromatic N) is 4. The number of phenols is 2. The number of ketones is 3. The number of hydrogen-bond acceptors (Lipinski definition) is 13. The minimum Gasteiger partial charge on any atom is -0.508 e. The van der Waals surface area contributed by atoms with E-state index in [4.69, 9.17) is 57.6 Å². The van der Waals surface area contributed by atoms with Crippen molar-refractivity contribution >= 4 is 76.1 Å². The zero-order chi connectivity index (χ0) is 48.7. The van der Waals surface area contributed by atoms with E-state index >= 15 is 0 Å². The van der Waals surface area contributed by atoms with Gasteiger partial charge in [-0.05, 0) is 99.6 Å². The number of alkyl halides is 2. The van der Waals surface area contributed by atoms with Crippen molar-refractivity contribution in [2.45, 2.75) is 111 Å². The van der Waals surface area contributed by atoms with Gasteiger partial charge in [-0.1, -0.05) is 24.3 Å². The summed E-state index contributed by atoms with van der Waals surface area (Å²) < 4.78 is 0. The maximum Gasteiger partial charge on any atom is 0.243 e. The lowest BCUT2D eigenvalue weighted by molar-refractivity contribution is -0.140. The number of likely N-dealkylation sites (tertiary alicyclic amines) is 2. The average Bonchev–Trinajstić information content (AvgIpc) is 3.99. The highest BCUT2D eigenvalue weighted by molar-refractivity contribution is 6.53. The summed E-state index contributed by atoms with van der Waals surface area (Å²) in [7, 11) is 0. The van der Waals surface area contributed by atoms with Crippen LogP contribution in [0.5, 0.6) is 11.5 Å². The van der Waals surface area contributed by atoms with E-state index in [2.05, 4.69) is 20.6 Å². The minimum atomic E-state index is -2.07. The van der Waals surface area contributed by atoms with E-state index < -0.39 is 88.0 Å². The number of benzene rings is 2. The van der Waals surface area contributed by atoms with Crippen LogP contribution in [0, 0.1) is 0 Å².